The molecule has 0 radical (unpaired) electrons. The summed E-state index contributed by atoms with van der Waals surface area (Å²) in [5.74, 6) is -0.370. The molecule has 0 saturated heterocycles. The lowest BCUT2D eigenvalue weighted by Crippen LogP contribution is -2.25. The highest BCUT2D eigenvalue weighted by atomic mass is 16.4. The largest absolute Gasteiger partial charge is 0.478 e. The number of aromatic carboxylic acids is 1. The number of hydrogen-bond acceptors (Lipinski definition) is 3. The molecule has 0 bridgehead atoms. The van der Waals surface area contributed by atoms with Gasteiger partial charge in [-0.05, 0) is 44.9 Å². The number of nitrogens with zero attached hydrogens (tertiary/aromatic N) is 2. The Hall–Kier alpha value is -2.10. The van der Waals surface area contributed by atoms with Crippen molar-refractivity contribution >= 4 is 22.7 Å². The first-order valence-electron chi connectivity index (χ1n) is 6.88. The summed E-state index contributed by atoms with van der Waals surface area (Å²) < 4.78 is 0. The Morgan fingerprint density at radius 2 is 1.80 bits per heavy atom. The van der Waals surface area contributed by atoms with E-state index >= 15 is 0 Å². The Morgan fingerprint density at radius 1 is 1.20 bits per heavy atom. The van der Waals surface area contributed by atoms with Crippen LogP contribution in [0.5, 0.6) is 0 Å². The summed E-state index contributed by atoms with van der Waals surface area (Å²) in [7, 11) is 0. The molecule has 20 heavy (non-hydrogen) atoms. The molecule has 1 aromatic carbocycles. The number of aromatic nitrogens is 1. The maximum absolute atomic E-state index is 11.5. The van der Waals surface area contributed by atoms with Gasteiger partial charge >= 0.3 is 5.97 Å². The zero-order valence-corrected chi connectivity index (χ0v) is 12.4. The second kappa shape index (κ2) is 5.49. The SMILES string of the molecule is CCN(CC)c1nc2c(C)ccc(C)c2cc1C(=O)O. The van der Waals surface area contributed by atoms with E-state index in [1.807, 2.05) is 44.7 Å². The summed E-state index contributed by atoms with van der Waals surface area (Å²) in [4.78, 5) is 18.2. The zero-order chi connectivity index (χ0) is 14.9. The lowest BCUT2D eigenvalue weighted by atomic mass is 10.0. The van der Waals surface area contributed by atoms with Crippen LogP contribution < -0.4 is 4.90 Å². The Kier molecular flexibility index (Phi) is 3.93. The van der Waals surface area contributed by atoms with Crippen molar-refractivity contribution in [2.24, 2.45) is 0 Å². The molecular formula is C16H20N2O2. The fraction of sp³-hybridized carbons (Fsp3) is 0.375. The van der Waals surface area contributed by atoms with Crippen LogP contribution in [0.3, 0.4) is 0 Å². The minimum atomic E-state index is -0.929. The number of anilines is 1. The average Bonchev–Trinajstić information content (AvgIpc) is 2.43. The number of aryl methyl sites for hydroxylation is 2. The molecule has 0 aliphatic heterocycles. The van der Waals surface area contributed by atoms with Gasteiger partial charge < -0.3 is 10.0 Å². The first-order chi connectivity index (χ1) is 9.49. The fourth-order valence-corrected chi connectivity index (χ4v) is 2.45. The van der Waals surface area contributed by atoms with Crippen molar-refractivity contribution in [2.75, 3.05) is 18.0 Å². The number of carboxylic acids is 1. The number of hydrogen-bond donors (Lipinski definition) is 1. The summed E-state index contributed by atoms with van der Waals surface area (Å²) in [6, 6.07) is 5.78. The van der Waals surface area contributed by atoms with Crippen molar-refractivity contribution in [2.45, 2.75) is 27.7 Å². The highest BCUT2D eigenvalue weighted by Gasteiger charge is 2.18. The number of pyridine rings is 1. The van der Waals surface area contributed by atoms with E-state index in [0.29, 0.717) is 5.82 Å². The lowest BCUT2D eigenvalue weighted by molar-refractivity contribution is 0.0697. The number of carbonyl (C=O) groups is 1. The van der Waals surface area contributed by atoms with Crippen LogP contribution in [0.15, 0.2) is 18.2 Å². The van der Waals surface area contributed by atoms with Crippen molar-refractivity contribution in [1.82, 2.24) is 4.98 Å². The highest BCUT2D eigenvalue weighted by molar-refractivity contribution is 5.99. The van der Waals surface area contributed by atoms with E-state index in [2.05, 4.69) is 4.98 Å². The molecule has 0 saturated carbocycles. The second-order valence-electron chi connectivity index (χ2n) is 4.93. The molecule has 2 rings (SSSR count). The van der Waals surface area contributed by atoms with E-state index in [4.69, 9.17) is 0 Å². The van der Waals surface area contributed by atoms with Gasteiger partial charge in [0.25, 0.3) is 0 Å². The van der Waals surface area contributed by atoms with Gasteiger partial charge in [0.05, 0.1) is 5.52 Å². The highest BCUT2D eigenvalue weighted by Crippen LogP contribution is 2.27. The Balaban J connectivity index is 2.82. The molecule has 106 valence electrons. The van der Waals surface area contributed by atoms with Gasteiger partial charge in [0.15, 0.2) is 0 Å². The maximum Gasteiger partial charge on any atom is 0.339 e. The molecule has 1 heterocycles. The quantitative estimate of drug-likeness (QED) is 0.926. The Labute approximate surface area is 119 Å². The summed E-state index contributed by atoms with van der Waals surface area (Å²) >= 11 is 0. The topological polar surface area (TPSA) is 53.4 Å². The van der Waals surface area contributed by atoms with Crippen LogP contribution in [0.4, 0.5) is 5.82 Å². The third-order valence-corrected chi connectivity index (χ3v) is 3.68. The molecule has 0 spiro atoms. The molecule has 0 aliphatic carbocycles. The van der Waals surface area contributed by atoms with Crippen LogP contribution in [0, 0.1) is 13.8 Å². The molecule has 0 aliphatic rings. The van der Waals surface area contributed by atoms with Gasteiger partial charge in [-0.2, -0.15) is 0 Å². The van der Waals surface area contributed by atoms with Gasteiger partial charge in [0, 0.05) is 18.5 Å². The first kappa shape index (κ1) is 14.3. The van der Waals surface area contributed by atoms with Crippen molar-refractivity contribution in [3.05, 3.63) is 34.9 Å². The summed E-state index contributed by atoms with van der Waals surface area (Å²) in [6.07, 6.45) is 0. The second-order valence-corrected chi connectivity index (χ2v) is 4.93. The summed E-state index contributed by atoms with van der Waals surface area (Å²) in [6.45, 7) is 9.46. The van der Waals surface area contributed by atoms with Crippen LogP contribution in [0.25, 0.3) is 10.9 Å². The van der Waals surface area contributed by atoms with E-state index in [-0.39, 0.29) is 5.56 Å². The number of carboxylic acid groups (broad SMARTS) is 1. The average molecular weight is 272 g/mol. The smallest absolute Gasteiger partial charge is 0.339 e. The molecule has 0 fully saturated rings. The molecule has 1 aromatic heterocycles. The Morgan fingerprint density at radius 3 is 2.35 bits per heavy atom. The van der Waals surface area contributed by atoms with Gasteiger partial charge in [-0.1, -0.05) is 12.1 Å². The fourth-order valence-electron chi connectivity index (χ4n) is 2.45. The van der Waals surface area contributed by atoms with E-state index in [0.717, 1.165) is 35.1 Å². The summed E-state index contributed by atoms with van der Waals surface area (Å²) in [5, 5.41) is 10.4. The van der Waals surface area contributed by atoms with Crippen molar-refractivity contribution in [3.8, 4) is 0 Å². The Bertz CT molecular complexity index is 661. The van der Waals surface area contributed by atoms with E-state index in [1.54, 1.807) is 6.07 Å². The maximum atomic E-state index is 11.5. The van der Waals surface area contributed by atoms with Crippen molar-refractivity contribution in [3.63, 3.8) is 0 Å². The molecule has 0 atom stereocenters. The van der Waals surface area contributed by atoms with Crippen molar-refractivity contribution in [1.29, 1.82) is 0 Å². The molecule has 0 unspecified atom stereocenters. The van der Waals surface area contributed by atoms with Crippen molar-refractivity contribution < 1.29 is 9.90 Å². The van der Waals surface area contributed by atoms with E-state index in [9.17, 15) is 9.90 Å². The van der Waals surface area contributed by atoms with Gasteiger partial charge in [-0.25, -0.2) is 9.78 Å². The van der Waals surface area contributed by atoms with Crippen LogP contribution in [0.1, 0.15) is 35.3 Å². The van der Waals surface area contributed by atoms with E-state index in [1.165, 1.54) is 0 Å². The lowest BCUT2D eigenvalue weighted by Gasteiger charge is -2.22. The number of fused-ring (bicyclic) bond motifs is 1. The van der Waals surface area contributed by atoms with Gasteiger partial charge in [-0.15, -0.1) is 0 Å². The standard InChI is InChI=1S/C16H20N2O2/c1-5-18(6-2)15-13(16(19)20)9-12-10(3)7-8-11(4)14(12)17-15/h7-9H,5-6H2,1-4H3,(H,19,20). The molecule has 4 nitrogen and oxygen atoms in total. The first-order valence-corrected chi connectivity index (χ1v) is 6.88. The molecule has 0 amide bonds. The van der Waals surface area contributed by atoms with E-state index < -0.39 is 5.97 Å². The normalized spacial score (nSPS) is 10.8. The number of rotatable bonds is 4. The molecule has 2 aromatic rings. The molecule has 4 heteroatoms. The third-order valence-electron chi connectivity index (χ3n) is 3.68. The van der Waals surface area contributed by atoms with Crippen LogP contribution in [0.2, 0.25) is 0 Å². The van der Waals surface area contributed by atoms with Gasteiger partial charge in [-0.3, -0.25) is 0 Å². The van der Waals surface area contributed by atoms with Crippen LogP contribution in [-0.2, 0) is 0 Å². The third kappa shape index (κ3) is 2.33. The zero-order valence-electron chi connectivity index (χ0n) is 12.4. The van der Waals surface area contributed by atoms with Gasteiger partial charge in [0.2, 0.25) is 0 Å². The monoisotopic (exact) mass is 272 g/mol. The number of benzene rings is 1. The molecular weight excluding hydrogens is 252 g/mol. The van der Waals surface area contributed by atoms with Gasteiger partial charge in [0.1, 0.15) is 11.4 Å². The minimum absolute atomic E-state index is 0.273. The predicted octanol–water partition coefficient (Wildman–Crippen LogP) is 3.40. The predicted molar refractivity (Wildman–Crippen MR) is 81.7 cm³/mol. The van der Waals surface area contributed by atoms with Crippen LogP contribution >= 0.6 is 0 Å². The minimum Gasteiger partial charge on any atom is -0.478 e. The molecule has 1 N–H and O–H groups in total. The summed E-state index contributed by atoms with van der Waals surface area (Å²) in [5.41, 5.74) is 3.27. The van der Waals surface area contributed by atoms with Crippen LogP contribution in [-0.4, -0.2) is 29.1 Å².